The molecule has 2 rings (SSSR count). The molecule has 0 spiro atoms. The topological polar surface area (TPSA) is 79.2 Å². The minimum atomic E-state index is -4.50. The van der Waals surface area contributed by atoms with Gasteiger partial charge in [-0.3, -0.25) is 4.79 Å². The molecule has 0 saturated heterocycles. The Kier molecular flexibility index (Phi) is 5.90. The van der Waals surface area contributed by atoms with E-state index in [0.717, 1.165) is 43.5 Å². The monoisotopic (exact) mass is 368 g/mol. The molecule has 1 saturated carbocycles. The van der Waals surface area contributed by atoms with Gasteiger partial charge < -0.3 is 10.1 Å². The molecule has 0 aromatic heterocycles. The van der Waals surface area contributed by atoms with Crippen LogP contribution >= 0.6 is 0 Å². The maximum absolute atomic E-state index is 12.5. The summed E-state index contributed by atoms with van der Waals surface area (Å²) in [6, 6.07) is 5.66. The summed E-state index contributed by atoms with van der Waals surface area (Å²) in [6.45, 7) is 1.35. The van der Waals surface area contributed by atoms with E-state index in [2.05, 4.69) is 11.4 Å². The summed E-state index contributed by atoms with van der Waals surface area (Å²) < 4.78 is 42.6. The predicted molar refractivity (Wildman–Crippen MR) is 85.9 cm³/mol. The molecule has 0 radical (unpaired) electrons. The summed E-state index contributed by atoms with van der Waals surface area (Å²) in [5.41, 5.74) is -1.93. The number of ether oxygens (including phenoxy) is 1. The minimum absolute atomic E-state index is 0.0923. The number of nitrogens with one attached hydrogen (secondary N) is 1. The standard InChI is InChI=1S/C18H19F3N2O3/c1-12(15(24)23-17(11-22)9-3-2-4-10-17)26-16(25)13-5-7-14(8-6-13)18(19,20)21/h5-8,12H,2-4,9-10H2,1H3,(H,23,24)/t12-/m0/s1. The highest BCUT2D eigenvalue weighted by Crippen LogP contribution is 2.29. The van der Waals surface area contributed by atoms with E-state index in [1.54, 1.807) is 0 Å². The average molecular weight is 368 g/mol. The Morgan fingerprint density at radius 2 is 1.77 bits per heavy atom. The molecular formula is C18H19F3N2O3. The number of nitriles is 1. The highest BCUT2D eigenvalue weighted by Gasteiger charge is 2.35. The van der Waals surface area contributed by atoms with Crippen LogP contribution in [0.4, 0.5) is 13.2 Å². The van der Waals surface area contributed by atoms with Crippen molar-refractivity contribution in [3.05, 3.63) is 35.4 Å². The normalized spacial score (nSPS) is 17.7. The Balaban J connectivity index is 1.97. The Hall–Kier alpha value is -2.56. The first-order valence-electron chi connectivity index (χ1n) is 8.28. The summed E-state index contributed by atoms with van der Waals surface area (Å²) in [5, 5.41) is 12.0. The number of amides is 1. The van der Waals surface area contributed by atoms with Crippen LogP contribution in [0.15, 0.2) is 24.3 Å². The number of halogens is 3. The maximum Gasteiger partial charge on any atom is 0.416 e. The van der Waals surface area contributed by atoms with E-state index in [1.165, 1.54) is 6.92 Å². The van der Waals surface area contributed by atoms with Crippen LogP contribution in [-0.2, 0) is 15.7 Å². The Morgan fingerprint density at radius 3 is 2.27 bits per heavy atom. The maximum atomic E-state index is 12.5. The van der Waals surface area contributed by atoms with E-state index in [-0.39, 0.29) is 5.56 Å². The van der Waals surface area contributed by atoms with Crippen LogP contribution in [0.3, 0.4) is 0 Å². The van der Waals surface area contributed by atoms with Gasteiger partial charge in [-0.2, -0.15) is 18.4 Å². The first kappa shape index (κ1) is 19.8. The number of nitrogens with zero attached hydrogens (tertiary/aromatic N) is 1. The van der Waals surface area contributed by atoms with Crippen LogP contribution in [0.2, 0.25) is 0 Å². The minimum Gasteiger partial charge on any atom is -0.449 e. The number of carbonyl (C=O) groups excluding carboxylic acids is 2. The third-order valence-corrected chi connectivity index (χ3v) is 4.38. The summed E-state index contributed by atoms with van der Waals surface area (Å²) in [4.78, 5) is 24.3. The van der Waals surface area contributed by atoms with Crippen molar-refractivity contribution in [1.82, 2.24) is 5.32 Å². The van der Waals surface area contributed by atoms with Gasteiger partial charge in [-0.15, -0.1) is 0 Å². The molecule has 1 atom stereocenters. The van der Waals surface area contributed by atoms with Crippen LogP contribution < -0.4 is 5.32 Å². The first-order chi connectivity index (χ1) is 12.2. The van der Waals surface area contributed by atoms with Crippen LogP contribution in [0.5, 0.6) is 0 Å². The van der Waals surface area contributed by atoms with Gasteiger partial charge in [0.05, 0.1) is 17.2 Å². The molecule has 5 nitrogen and oxygen atoms in total. The van der Waals surface area contributed by atoms with Crippen LogP contribution in [0.25, 0.3) is 0 Å². The molecule has 1 aromatic carbocycles. The summed E-state index contributed by atoms with van der Waals surface area (Å²) in [7, 11) is 0. The molecule has 1 amide bonds. The fourth-order valence-electron chi connectivity index (χ4n) is 2.83. The van der Waals surface area contributed by atoms with Gasteiger partial charge in [0, 0.05) is 0 Å². The highest BCUT2D eigenvalue weighted by molar-refractivity contribution is 5.92. The van der Waals surface area contributed by atoms with Crippen molar-refractivity contribution in [2.24, 2.45) is 0 Å². The Labute approximate surface area is 149 Å². The van der Waals surface area contributed by atoms with E-state index >= 15 is 0 Å². The van der Waals surface area contributed by atoms with Gasteiger partial charge in [-0.25, -0.2) is 4.79 Å². The lowest BCUT2D eigenvalue weighted by molar-refractivity contribution is -0.137. The van der Waals surface area contributed by atoms with Crippen molar-refractivity contribution < 1.29 is 27.5 Å². The Morgan fingerprint density at radius 1 is 1.19 bits per heavy atom. The second kappa shape index (κ2) is 7.77. The molecule has 0 heterocycles. The fraction of sp³-hybridized carbons (Fsp3) is 0.500. The van der Waals surface area contributed by atoms with E-state index in [9.17, 15) is 28.0 Å². The quantitative estimate of drug-likeness (QED) is 0.824. The number of benzene rings is 1. The van der Waals surface area contributed by atoms with Crippen molar-refractivity contribution in [2.45, 2.75) is 56.8 Å². The van der Waals surface area contributed by atoms with Gasteiger partial charge in [-0.1, -0.05) is 19.3 Å². The first-order valence-corrected chi connectivity index (χ1v) is 8.28. The summed E-state index contributed by atoms with van der Waals surface area (Å²) >= 11 is 0. The van der Waals surface area contributed by atoms with Gasteiger partial charge in [0.2, 0.25) is 0 Å². The van der Waals surface area contributed by atoms with Crippen LogP contribution in [0.1, 0.15) is 54.9 Å². The second-order valence-electron chi connectivity index (χ2n) is 6.37. The number of carbonyl (C=O) groups is 2. The van der Waals surface area contributed by atoms with E-state index in [1.807, 2.05) is 0 Å². The predicted octanol–water partition coefficient (Wildman–Crippen LogP) is 3.59. The molecule has 26 heavy (non-hydrogen) atoms. The molecule has 1 aliphatic carbocycles. The lowest BCUT2D eigenvalue weighted by atomic mass is 9.83. The lowest BCUT2D eigenvalue weighted by Crippen LogP contribution is -2.52. The zero-order valence-corrected chi connectivity index (χ0v) is 14.2. The molecule has 1 N–H and O–H groups in total. The lowest BCUT2D eigenvalue weighted by Gasteiger charge is -2.32. The van der Waals surface area contributed by atoms with Gasteiger partial charge in [0.1, 0.15) is 5.54 Å². The fourth-order valence-corrected chi connectivity index (χ4v) is 2.83. The largest absolute Gasteiger partial charge is 0.449 e. The SMILES string of the molecule is C[C@H](OC(=O)c1ccc(C(F)(F)F)cc1)C(=O)NC1(C#N)CCCCC1. The molecule has 8 heteroatoms. The van der Waals surface area contributed by atoms with E-state index < -0.39 is 35.3 Å². The zero-order valence-electron chi connectivity index (χ0n) is 14.2. The molecule has 0 aliphatic heterocycles. The van der Waals surface area contributed by atoms with Crippen molar-refractivity contribution in [3.8, 4) is 6.07 Å². The number of esters is 1. The molecule has 140 valence electrons. The van der Waals surface area contributed by atoms with E-state index in [4.69, 9.17) is 4.74 Å². The average Bonchev–Trinajstić information content (AvgIpc) is 2.61. The van der Waals surface area contributed by atoms with E-state index in [0.29, 0.717) is 12.8 Å². The summed E-state index contributed by atoms with van der Waals surface area (Å²) in [6.07, 6.45) is -1.94. The molecule has 0 bridgehead atoms. The van der Waals surface area contributed by atoms with Crippen LogP contribution in [0, 0.1) is 11.3 Å². The molecule has 1 fully saturated rings. The number of hydrogen-bond donors (Lipinski definition) is 1. The van der Waals surface area contributed by atoms with Gasteiger partial charge >= 0.3 is 12.1 Å². The van der Waals surface area contributed by atoms with Gasteiger partial charge in [0.15, 0.2) is 6.10 Å². The molecule has 0 unspecified atom stereocenters. The number of hydrogen-bond acceptors (Lipinski definition) is 4. The smallest absolute Gasteiger partial charge is 0.416 e. The third-order valence-electron chi connectivity index (χ3n) is 4.38. The van der Waals surface area contributed by atoms with Crippen molar-refractivity contribution in [1.29, 1.82) is 5.26 Å². The molecule has 1 aromatic rings. The van der Waals surface area contributed by atoms with Crippen molar-refractivity contribution in [2.75, 3.05) is 0 Å². The molecule has 1 aliphatic rings. The highest BCUT2D eigenvalue weighted by atomic mass is 19.4. The number of alkyl halides is 3. The molecular weight excluding hydrogens is 349 g/mol. The third kappa shape index (κ3) is 4.75. The number of rotatable bonds is 4. The van der Waals surface area contributed by atoms with Crippen molar-refractivity contribution in [3.63, 3.8) is 0 Å². The zero-order chi connectivity index (χ0) is 19.4. The second-order valence-corrected chi connectivity index (χ2v) is 6.37. The van der Waals surface area contributed by atoms with Gasteiger partial charge in [-0.05, 0) is 44.0 Å². The van der Waals surface area contributed by atoms with Crippen LogP contribution in [-0.4, -0.2) is 23.5 Å². The Bertz CT molecular complexity index is 702. The van der Waals surface area contributed by atoms with Gasteiger partial charge in [0.25, 0.3) is 5.91 Å². The summed E-state index contributed by atoms with van der Waals surface area (Å²) in [5.74, 6) is -1.51. The van der Waals surface area contributed by atoms with Crippen molar-refractivity contribution >= 4 is 11.9 Å².